The SMILES string of the molecule is O=C(O)c1ccnc(C(=O)NCc2cccc3ccccc23)c1.[Na]. The van der Waals surface area contributed by atoms with Gasteiger partial charge in [0.15, 0.2) is 0 Å². The third-order valence-electron chi connectivity index (χ3n) is 3.56. The monoisotopic (exact) mass is 329 g/mol. The quantitative estimate of drug-likeness (QED) is 0.721. The van der Waals surface area contributed by atoms with E-state index in [1.807, 2.05) is 42.5 Å². The van der Waals surface area contributed by atoms with Gasteiger partial charge in [0, 0.05) is 42.3 Å². The van der Waals surface area contributed by atoms with Gasteiger partial charge in [0.05, 0.1) is 5.56 Å². The number of nitrogens with zero attached hydrogens (tertiary/aromatic N) is 1. The predicted octanol–water partition coefficient (Wildman–Crippen LogP) is 2.48. The maximum atomic E-state index is 12.2. The Kier molecular flexibility index (Phi) is 6.09. The molecule has 0 unspecified atom stereocenters. The summed E-state index contributed by atoms with van der Waals surface area (Å²) in [5.74, 6) is -1.49. The largest absolute Gasteiger partial charge is 0.478 e. The number of hydrogen-bond acceptors (Lipinski definition) is 3. The molecule has 0 aliphatic carbocycles. The number of benzene rings is 2. The van der Waals surface area contributed by atoms with Gasteiger partial charge in [-0.3, -0.25) is 9.78 Å². The summed E-state index contributed by atoms with van der Waals surface area (Å²) in [6, 6.07) is 16.4. The van der Waals surface area contributed by atoms with Gasteiger partial charge in [-0.1, -0.05) is 42.5 Å². The maximum absolute atomic E-state index is 12.2. The third kappa shape index (κ3) is 4.00. The number of pyridine rings is 1. The Morgan fingerprint density at radius 1 is 1.04 bits per heavy atom. The van der Waals surface area contributed by atoms with Crippen molar-refractivity contribution in [3.8, 4) is 0 Å². The van der Waals surface area contributed by atoms with Crippen LogP contribution in [0.4, 0.5) is 0 Å². The summed E-state index contributed by atoms with van der Waals surface area (Å²) < 4.78 is 0. The van der Waals surface area contributed by atoms with Crippen LogP contribution < -0.4 is 5.32 Å². The predicted molar refractivity (Wildman–Crippen MR) is 92.1 cm³/mol. The molecule has 0 atom stereocenters. The number of carboxylic acids is 1. The van der Waals surface area contributed by atoms with Gasteiger partial charge >= 0.3 is 5.97 Å². The molecule has 0 saturated heterocycles. The van der Waals surface area contributed by atoms with Gasteiger partial charge in [0.2, 0.25) is 0 Å². The molecule has 2 N–H and O–H groups in total. The topological polar surface area (TPSA) is 79.3 Å². The van der Waals surface area contributed by atoms with E-state index in [9.17, 15) is 9.59 Å². The maximum Gasteiger partial charge on any atom is 0.335 e. The van der Waals surface area contributed by atoms with Crippen LogP contribution in [0.5, 0.6) is 0 Å². The summed E-state index contributed by atoms with van der Waals surface area (Å²) in [4.78, 5) is 27.0. The zero-order chi connectivity index (χ0) is 16.2. The van der Waals surface area contributed by atoms with Crippen molar-refractivity contribution in [2.24, 2.45) is 0 Å². The van der Waals surface area contributed by atoms with Crippen molar-refractivity contribution in [3.05, 3.63) is 77.6 Å². The van der Waals surface area contributed by atoms with E-state index in [4.69, 9.17) is 5.11 Å². The molecule has 1 radical (unpaired) electrons. The van der Waals surface area contributed by atoms with Crippen molar-refractivity contribution in [1.82, 2.24) is 10.3 Å². The van der Waals surface area contributed by atoms with Gasteiger partial charge in [0.25, 0.3) is 5.91 Å². The third-order valence-corrected chi connectivity index (χ3v) is 3.56. The van der Waals surface area contributed by atoms with E-state index in [-0.39, 0.29) is 40.8 Å². The van der Waals surface area contributed by atoms with Crippen LogP contribution in [0.25, 0.3) is 10.8 Å². The summed E-state index contributed by atoms with van der Waals surface area (Å²) in [6.45, 7) is 0.346. The molecular weight excluding hydrogens is 315 g/mol. The molecule has 1 amide bonds. The average molecular weight is 329 g/mol. The summed E-state index contributed by atoms with van der Waals surface area (Å²) in [6.07, 6.45) is 1.32. The first-order valence-corrected chi connectivity index (χ1v) is 7.09. The van der Waals surface area contributed by atoms with Crippen LogP contribution in [-0.4, -0.2) is 51.5 Å². The van der Waals surface area contributed by atoms with Crippen molar-refractivity contribution in [1.29, 1.82) is 0 Å². The second-order valence-corrected chi connectivity index (χ2v) is 5.06. The zero-order valence-electron chi connectivity index (χ0n) is 13.2. The number of aromatic nitrogens is 1. The summed E-state index contributed by atoms with van der Waals surface area (Å²) >= 11 is 0. The summed E-state index contributed by atoms with van der Waals surface area (Å²) in [5.41, 5.74) is 1.12. The number of carbonyl (C=O) groups is 2. The zero-order valence-corrected chi connectivity index (χ0v) is 15.2. The van der Waals surface area contributed by atoms with E-state index >= 15 is 0 Å². The van der Waals surface area contributed by atoms with E-state index in [2.05, 4.69) is 10.3 Å². The summed E-state index contributed by atoms with van der Waals surface area (Å²) in [7, 11) is 0. The Morgan fingerprint density at radius 3 is 2.58 bits per heavy atom. The number of fused-ring (bicyclic) bond motifs is 1. The Morgan fingerprint density at radius 2 is 1.79 bits per heavy atom. The first-order chi connectivity index (χ1) is 11.1. The van der Waals surface area contributed by atoms with E-state index in [1.54, 1.807) is 0 Å². The molecule has 0 aliphatic heterocycles. The molecule has 3 aromatic rings. The number of hydrogen-bond donors (Lipinski definition) is 2. The van der Waals surface area contributed by atoms with Crippen LogP contribution >= 0.6 is 0 Å². The van der Waals surface area contributed by atoms with Crippen LogP contribution in [0.2, 0.25) is 0 Å². The second-order valence-electron chi connectivity index (χ2n) is 5.06. The minimum atomic E-state index is -1.09. The normalized spacial score (nSPS) is 10.0. The van der Waals surface area contributed by atoms with Crippen LogP contribution in [-0.2, 0) is 6.54 Å². The van der Waals surface area contributed by atoms with Crippen LogP contribution in [0.1, 0.15) is 26.4 Å². The molecule has 115 valence electrons. The number of rotatable bonds is 4. The molecule has 0 aliphatic rings. The Labute approximate surface area is 161 Å². The fourth-order valence-electron chi connectivity index (χ4n) is 2.40. The molecule has 0 spiro atoms. The van der Waals surface area contributed by atoms with E-state index in [0.29, 0.717) is 6.54 Å². The van der Waals surface area contributed by atoms with E-state index in [1.165, 1.54) is 18.3 Å². The van der Waals surface area contributed by atoms with Gasteiger partial charge < -0.3 is 10.4 Å². The Balaban J connectivity index is 0.00000208. The van der Waals surface area contributed by atoms with Crippen molar-refractivity contribution < 1.29 is 14.7 Å². The van der Waals surface area contributed by atoms with E-state index < -0.39 is 11.9 Å². The molecule has 5 nitrogen and oxygen atoms in total. The number of amides is 1. The first-order valence-electron chi connectivity index (χ1n) is 7.09. The van der Waals surface area contributed by atoms with Crippen LogP contribution in [0, 0.1) is 0 Å². The van der Waals surface area contributed by atoms with Crippen molar-refractivity contribution >= 4 is 52.2 Å². The molecule has 6 heteroatoms. The average Bonchev–Trinajstić information content (AvgIpc) is 2.59. The van der Waals surface area contributed by atoms with Crippen LogP contribution in [0.15, 0.2) is 60.8 Å². The molecule has 0 saturated carbocycles. The Bertz CT molecular complexity index is 891. The molecule has 0 bridgehead atoms. The van der Waals surface area contributed by atoms with Crippen molar-refractivity contribution in [2.75, 3.05) is 0 Å². The van der Waals surface area contributed by atoms with E-state index in [0.717, 1.165) is 16.3 Å². The Hall–Kier alpha value is -2.21. The summed E-state index contributed by atoms with van der Waals surface area (Å²) in [5, 5.41) is 13.9. The van der Waals surface area contributed by atoms with Gasteiger partial charge in [-0.2, -0.15) is 0 Å². The smallest absolute Gasteiger partial charge is 0.335 e. The number of aromatic carboxylic acids is 1. The molecule has 1 heterocycles. The number of carboxylic acid groups (broad SMARTS) is 1. The van der Waals surface area contributed by atoms with Crippen molar-refractivity contribution in [3.63, 3.8) is 0 Å². The van der Waals surface area contributed by atoms with Gasteiger partial charge in [0.1, 0.15) is 5.69 Å². The number of nitrogens with one attached hydrogen (secondary N) is 1. The van der Waals surface area contributed by atoms with Gasteiger partial charge in [-0.15, -0.1) is 0 Å². The molecule has 1 aromatic heterocycles. The first kappa shape index (κ1) is 18.1. The minimum absolute atomic E-state index is 0. The number of carbonyl (C=O) groups excluding carboxylic acids is 1. The fourth-order valence-corrected chi connectivity index (χ4v) is 2.40. The molecule has 24 heavy (non-hydrogen) atoms. The standard InChI is InChI=1S/C18H14N2O3.Na/c21-17(16-10-13(18(22)23)8-9-19-16)20-11-14-6-3-5-12-4-1-2-7-15(12)14;/h1-10H,11H2,(H,20,21)(H,22,23);. The molecule has 3 rings (SSSR count). The van der Waals surface area contributed by atoms with Crippen LogP contribution in [0.3, 0.4) is 0 Å². The minimum Gasteiger partial charge on any atom is -0.478 e. The van der Waals surface area contributed by atoms with Gasteiger partial charge in [-0.25, -0.2) is 4.79 Å². The van der Waals surface area contributed by atoms with Gasteiger partial charge in [-0.05, 0) is 28.5 Å². The molecule has 0 fully saturated rings. The van der Waals surface area contributed by atoms with Crippen molar-refractivity contribution in [2.45, 2.75) is 6.54 Å². The molecular formula is C18H14N2NaO3. The fraction of sp³-hybridized carbons (Fsp3) is 0.0556. The molecule has 2 aromatic carbocycles. The second kappa shape index (κ2) is 8.06.